The van der Waals surface area contributed by atoms with Gasteiger partial charge in [0.15, 0.2) is 0 Å². The standard InChI is InChI=1S/C19H21N3O2/c1-22(2)9-8-20-19(23)16-12-15(24-3)11-14-10-13-6-4-5-7-17(13)21-18(14)16/h4-7,10-12H,8-9H2,1-3H3,(H,20,23). The van der Waals surface area contributed by atoms with Crippen LogP contribution in [-0.2, 0) is 0 Å². The van der Waals surface area contributed by atoms with Gasteiger partial charge >= 0.3 is 0 Å². The van der Waals surface area contributed by atoms with Crippen molar-refractivity contribution in [3.8, 4) is 5.75 Å². The maximum Gasteiger partial charge on any atom is 0.253 e. The van der Waals surface area contributed by atoms with Crippen LogP contribution in [0.15, 0.2) is 42.5 Å². The van der Waals surface area contributed by atoms with E-state index in [9.17, 15) is 4.79 Å². The van der Waals surface area contributed by atoms with Crippen molar-refractivity contribution in [1.29, 1.82) is 0 Å². The second-order valence-corrected chi connectivity index (χ2v) is 5.99. The number of hydrogen-bond donors (Lipinski definition) is 1. The fourth-order valence-corrected chi connectivity index (χ4v) is 2.64. The fraction of sp³-hybridized carbons (Fsp3) is 0.263. The van der Waals surface area contributed by atoms with Crippen LogP contribution >= 0.6 is 0 Å². The third-order valence-corrected chi connectivity index (χ3v) is 3.92. The van der Waals surface area contributed by atoms with Gasteiger partial charge in [0.05, 0.1) is 23.7 Å². The molecule has 0 bridgehead atoms. The summed E-state index contributed by atoms with van der Waals surface area (Å²) >= 11 is 0. The minimum atomic E-state index is -0.136. The first-order chi connectivity index (χ1) is 11.6. The lowest BCUT2D eigenvalue weighted by atomic mass is 10.1. The van der Waals surface area contributed by atoms with E-state index in [0.29, 0.717) is 23.4 Å². The van der Waals surface area contributed by atoms with Gasteiger partial charge in [-0.2, -0.15) is 0 Å². The first kappa shape index (κ1) is 16.2. The summed E-state index contributed by atoms with van der Waals surface area (Å²) < 4.78 is 5.35. The highest BCUT2D eigenvalue weighted by molar-refractivity contribution is 6.08. The zero-order chi connectivity index (χ0) is 17.1. The molecule has 0 aliphatic heterocycles. The third kappa shape index (κ3) is 3.31. The van der Waals surface area contributed by atoms with Crippen LogP contribution in [0.3, 0.4) is 0 Å². The molecule has 5 nitrogen and oxygen atoms in total. The number of para-hydroxylation sites is 1. The third-order valence-electron chi connectivity index (χ3n) is 3.92. The van der Waals surface area contributed by atoms with E-state index in [2.05, 4.69) is 5.32 Å². The number of nitrogens with zero attached hydrogens (tertiary/aromatic N) is 2. The van der Waals surface area contributed by atoms with Crippen LogP contribution in [0.2, 0.25) is 0 Å². The van der Waals surface area contributed by atoms with Crippen molar-refractivity contribution >= 4 is 27.7 Å². The number of carbonyl (C=O) groups is 1. The molecule has 5 heteroatoms. The van der Waals surface area contributed by atoms with E-state index >= 15 is 0 Å². The van der Waals surface area contributed by atoms with Gasteiger partial charge in [0.1, 0.15) is 5.75 Å². The number of ether oxygens (including phenoxy) is 1. The van der Waals surface area contributed by atoms with Crippen LogP contribution in [-0.4, -0.2) is 50.1 Å². The summed E-state index contributed by atoms with van der Waals surface area (Å²) in [6.45, 7) is 1.36. The first-order valence-electron chi connectivity index (χ1n) is 7.89. The van der Waals surface area contributed by atoms with Crippen molar-refractivity contribution in [1.82, 2.24) is 15.2 Å². The summed E-state index contributed by atoms with van der Waals surface area (Å²) in [5, 5.41) is 4.88. The van der Waals surface area contributed by atoms with Gasteiger partial charge in [-0.25, -0.2) is 4.98 Å². The van der Waals surface area contributed by atoms with E-state index < -0.39 is 0 Å². The average Bonchev–Trinajstić information content (AvgIpc) is 2.58. The van der Waals surface area contributed by atoms with Crippen LogP contribution < -0.4 is 10.1 Å². The number of methoxy groups -OCH3 is 1. The molecule has 0 saturated heterocycles. The van der Waals surface area contributed by atoms with Gasteiger partial charge in [0.25, 0.3) is 5.91 Å². The molecule has 0 atom stereocenters. The summed E-state index contributed by atoms with van der Waals surface area (Å²) in [4.78, 5) is 19.3. The van der Waals surface area contributed by atoms with Crippen molar-refractivity contribution in [3.63, 3.8) is 0 Å². The highest BCUT2D eigenvalue weighted by atomic mass is 16.5. The topological polar surface area (TPSA) is 54.5 Å². The Morgan fingerprint density at radius 2 is 1.96 bits per heavy atom. The predicted octanol–water partition coefficient (Wildman–Crippen LogP) is 2.69. The highest BCUT2D eigenvalue weighted by Gasteiger charge is 2.14. The molecule has 1 heterocycles. The Balaban J connectivity index is 2.07. The Kier molecular flexibility index (Phi) is 4.62. The Hall–Kier alpha value is -2.66. The number of amides is 1. The average molecular weight is 323 g/mol. The molecule has 1 N–H and O–H groups in total. The molecular formula is C19H21N3O2. The van der Waals surface area contributed by atoms with Crippen LogP contribution in [0.4, 0.5) is 0 Å². The Labute approximate surface area is 141 Å². The second kappa shape index (κ2) is 6.84. The van der Waals surface area contributed by atoms with Gasteiger partial charge in [-0.15, -0.1) is 0 Å². The minimum Gasteiger partial charge on any atom is -0.497 e. The zero-order valence-electron chi connectivity index (χ0n) is 14.2. The number of rotatable bonds is 5. The molecule has 1 aromatic heterocycles. The SMILES string of the molecule is COc1cc(C(=O)NCCN(C)C)c2nc3ccccc3cc2c1. The Morgan fingerprint density at radius 1 is 1.17 bits per heavy atom. The molecule has 124 valence electrons. The molecule has 0 radical (unpaired) electrons. The summed E-state index contributed by atoms with van der Waals surface area (Å²) in [7, 11) is 5.55. The summed E-state index contributed by atoms with van der Waals surface area (Å²) in [6.07, 6.45) is 0. The van der Waals surface area contributed by atoms with Crippen LogP contribution in [0, 0.1) is 0 Å². The number of fused-ring (bicyclic) bond motifs is 2. The summed E-state index contributed by atoms with van der Waals surface area (Å²) in [5.74, 6) is 0.515. The lowest BCUT2D eigenvalue weighted by Gasteiger charge is -2.13. The van der Waals surface area contributed by atoms with Crippen molar-refractivity contribution < 1.29 is 9.53 Å². The molecule has 0 spiro atoms. The van der Waals surface area contributed by atoms with E-state index in [4.69, 9.17) is 9.72 Å². The van der Waals surface area contributed by atoms with Crippen LogP contribution in [0.1, 0.15) is 10.4 Å². The molecule has 3 aromatic rings. The van der Waals surface area contributed by atoms with E-state index in [1.807, 2.05) is 55.4 Å². The van der Waals surface area contributed by atoms with E-state index in [-0.39, 0.29) is 5.91 Å². The second-order valence-electron chi connectivity index (χ2n) is 5.99. The Morgan fingerprint density at radius 3 is 2.71 bits per heavy atom. The first-order valence-corrected chi connectivity index (χ1v) is 7.89. The summed E-state index contributed by atoms with van der Waals surface area (Å²) in [6, 6.07) is 13.6. The lowest BCUT2D eigenvalue weighted by Crippen LogP contribution is -2.31. The fourth-order valence-electron chi connectivity index (χ4n) is 2.64. The zero-order valence-corrected chi connectivity index (χ0v) is 14.2. The van der Waals surface area contributed by atoms with Gasteiger partial charge in [-0.1, -0.05) is 18.2 Å². The number of pyridine rings is 1. The number of carbonyl (C=O) groups excluding carboxylic acids is 1. The van der Waals surface area contributed by atoms with Gasteiger partial charge in [-0.3, -0.25) is 4.79 Å². The molecule has 1 amide bonds. The van der Waals surface area contributed by atoms with Crippen LogP contribution in [0.25, 0.3) is 21.8 Å². The molecular weight excluding hydrogens is 302 g/mol. The number of aromatic nitrogens is 1. The normalized spacial score (nSPS) is 11.2. The van der Waals surface area contributed by atoms with Crippen molar-refractivity contribution in [2.45, 2.75) is 0 Å². The van der Waals surface area contributed by atoms with Gasteiger partial charge in [0, 0.05) is 23.9 Å². The van der Waals surface area contributed by atoms with Crippen LogP contribution in [0.5, 0.6) is 5.75 Å². The quantitative estimate of drug-likeness (QED) is 0.734. The Bertz CT molecular complexity index is 890. The molecule has 0 saturated carbocycles. The maximum absolute atomic E-state index is 12.6. The number of nitrogens with one attached hydrogen (secondary N) is 1. The van der Waals surface area contributed by atoms with Gasteiger partial charge in [0.2, 0.25) is 0 Å². The monoisotopic (exact) mass is 323 g/mol. The maximum atomic E-state index is 12.6. The van der Waals surface area contributed by atoms with E-state index in [0.717, 1.165) is 22.8 Å². The number of likely N-dealkylation sites (N-methyl/N-ethyl adjacent to an activating group) is 1. The molecule has 0 aliphatic carbocycles. The minimum absolute atomic E-state index is 0.136. The summed E-state index contributed by atoms with van der Waals surface area (Å²) in [5.41, 5.74) is 2.10. The molecule has 0 unspecified atom stereocenters. The van der Waals surface area contributed by atoms with Crippen molar-refractivity contribution in [2.75, 3.05) is 34.3 Å². The van der Waals surface area contributed by atoms with E-state index in [1.165, 1.54) is 0 Å². The number of benzene rings is 2. The van der Waals surface area contributed by atoms with Gasteiger partial charge in [-0.05, 0) is 38.4 Å². The predicted molar refractivity (Wildman–Crippen MR) is 96.7 cm³/mol. The molecule has 3 rings (SSSR count). The molecule has 24 heavy (non-hydrogen) atoms. The van der Waals surface area contributed by atoms with Crippen molar-refractivity contribution in [3.05, 3.63) is 48.0 Å². The number of hydrogen-bond acceptors (Lipinski definition) is 4. The van der Waals surface area contributed by atoms with Crippen molar-refractivity contribution in [2.24, 2.45) is 0 Å². The highest BCUT2D eigenvalue weighted by Crippen LogP contribution is 2.27. The lowest BCUT2D eigenvalue weighted by molar-refractivity contribution is 0.0952. The smallest absolute Gasteiger partial charge is 0.253 e. The molecule has 0 fully saturated rings. The molecule has 0 aliphatic rings. The van der Waals surface area contributed by atoms with E-state index in [1.54, 1.807) is 13.2 Å². The molecule has 2 aromatic carbocycles. The van der Waals surface area contributed by atoms with Gasteiger partial charge < -0.3 is 15.0 Å². The largest absolute Gasteiger partial charge is 0.497 e.